The molecule has 0 fully saturated rings. The van der Waals surface area contributed by atoms with E-state index in [4.69, 9.17) is 4.74 Å². The van der Waals surface area contributed by atoms with Gasteiger partial charge in [0.15, 0.2) is 5.82 Å². The molecular weight excluding hydrogens is 568 g/mol. The number of esters is 1. The van der Waals surface area contributed by atoms with Gasteiger partial charge in [0.25, 0.3) is 0 Å². The van der Waals surface area contributed by atoms with Crippen LogP contribution in [-0.4, -0.2) is 38.0 Å². The van der Waals surface area contributed by atoms with E-state index in [1.165, 1.54) is 36.1 Å². The van der Waals surface area contributed by atoms with Crippen molar-refractivity contribution in [1.82, 2.24) is 19.7 Å². The van der Waals surface area contributed by atoms with Gasteiger partial charge in [0.2, 0.25) is 0 Å². The molecular formula is C26H18F8N4O3. The van der Waals surface area contributed by atoms with Crippen molar-refractivity contribution in [2.75, 3.05) is 0 Å². The average molecular weight is 586 g/mol. The maximum Gasteiger partial charge on any atom is 0.499 e. The molecule has 1 atom stereocenters. The molecule has 0 aliphatic heterocycles. The summed E-state index contributed by atoms with van der Waals surface area (Å²) in [5.41, 5.74) is 0.670. The monoisotopic (exact) mass is 586 g/mol. The van der Waals surface area contributed by atoms with Gasteiger partial charge in [-0.15, -0.1) is 5.10 Å². The van der Waals surface area contributed by atoms with Crippen molar-refractivity contribution in [1.29, 1.82) is 0 Å². The molecule has 0 N–H and O–H groups in total. The van der Waals surface area contributed by atoms with E-state index in [2.05, 4.69) is 19.8 Å². The molecule has 0 amide bonds. The van der Waals surface area contributed by atoms with Crippen LogP contribution in [0.25, 0.3) is 17.1 Å². The summed E-state index contributed by atoms with van der Waals surface area (Å²) in [5, 5.41) is 4.25. The number of halogens is 8. The number of benzene rings is 2. The lowest BCUT2D eigenvalue weighted by Gasteiger charge is -2.20. The fourth-order valence-electron chi connectivity index (χ4n) is 3.45. The van der Waals surface area contributed by atoms with Crippen molar-refractivity contribution in [3.05, 3.63) is 90.0 Å². The SMILES string of the molecule is CC(OC(=O)Cc1ccc(-c2ncn(-c3ccc(OC(F)(F)C(F)(F)F)cc3)n2)cc1)c1ccc(C(F)(F)F)nc1. The molecule has 0 spiro atoms. The van der Waals surface area contributed by atoms with Gasteiger partial charge in [0.1, 0.15) is 23.9 Å². The third kappa shape index (κ3) is 7.15. The lowest BCUT2D eigenvalue weighted by atomic mass is 10.1. The second-order valence-corrected chi connectivity index (χ2v) is 8.60. The van der Waals surface area contributed by atoms with Gasteiger partial charge in [0.05, 0.1) is 12.1 Å². The Balaban J connectivity index is 1.35. The van der Waals surface area contributed by atoms with E-state index in [0.717, 1.165) is 24.4 Å². The van der Waals surface area contributed by atoms with Crippen LogP contribution < -0.4 is 4.74 Å². The first-order valence-electron chi connectivity index (χ1n) is 11.6. The minimum atomic E-state index is -5.87. The van der Waals surface area contributed by atoms with Gasteiger partial charge in [-0.05, 0) is 42.8 Å². The van der Waals surface area contributed by atoms with Crippen molar-refractivity contribution in [3.63, 3.8) is 0 Å². The van der Waals surface area contributed by atoms with Crippen molar-refractivity contribution in [2.45, 2.75) is 37.9 Å². The summed E-state index contributed by atoms with van der Waals surface area (Å²) in [6, 6.07) is 12.8. The second kappa shape index (κ2) is 11.1. The highest BCUT2D eigenvalue weighted by atomic mass is 19.4. The zero-order valence-electron chi connectivity index (χ0n) is 20.7. The largest absolute Gasteiger partial charge is 0.499 e. The van der Waals surface area contributed by atoms with Crippen molar-refractivity contribution in [2.24, 2.45) is 0 Å². The van der Waals surface area contributed by atoms with E-state index >= 15 is 0 Å². The summed E-state index contributed by atoms with van der Waals surface area (Å²) >= 11 is 0. The highest BCUT2D eigenvalue weighted by molar-refractivity contribution is 5.73. The first-order valence-corrected chi connectivity index (χ1v) is 11.6. The lowest BCUT2D eigenvalue weighted by molar-refractivity contribution is -0.360. The predicted octanol–water partition coefficient (Wildman–Crippen LogP) is 6.73. The van der Waals surface area contributed by atoms with Crippen LogP contribution in [0, 0.1) is 0 Å². The van der Waals surface area contributed by atoms with E-state index < -0.39 is 42.0 Å². The topological polar surface area (TPSA) is 79.1 Å². The molecule has 2 aromatic carbocycles. The fourth-order valence-corrected chi connectivity index (χ4v) is 3.45. The van der Waals surface area contributed by atoms with Crippen LogP contribution in [0.5, 0.6) is 5.75 Å². The van der Waals surface area contributed by atoms with E-state index in [1.54, 1.807) is 24.3 Å². The molecule has 216 valence electrons. The maximum absolute atomic E-state index is 13.1. The maximum atomic E-state index is 13.1. The molecule has 2 aromatic heterocycles. The van der Waals surface area contributed by atoms with Gasteiger partial charge >= 0.3 is 24.4 Å². The number of nitrogens with zero attached hydrogens (tertiary/aromatic N) is 4. The molecule has 41 heavy (non-hydrogen) atoms. The molecule has 0 saturated heterocycles. The summed E-state index contributed by atoms with van der Waals surface area (Å²) in [4.78, 5) is 19.8. The van der Waals surface area contributed by atoms with E-state index in [9.17, 15) is 39.9 Å². The number of aromatic nitrogens is 4. The molecule has 1 unspecified atom stereocenters. The Kier molecular flexibility index (Phi) is 7.99. The number of rotatable bonds is 8. The van der Waals surface area contributed by atoms with Gasteiger partial charge in [-0.3, -0.25) is 9.78 Å². The summed E-state index contributed by atoms with van der Waals surface area (Å²) < 4.78 is 111. The van der Waals surface area contributed by atoms with Crippen LogP contribution in [0.3, 0.4) is 0 Å². The fraction of sp³-hybridized carbons (Fsp3) is 0.231. The molecule has 0 bridgehead atoms. The van der Waals surface area contributed by atoms with Gasteiger partial charge < -0.3 is 9.47 Å². The van der Waals surface area contributed by atoms with Gasteiger partial charge in [0, 0.05) is 17.3 Å². The summed E-state index contributed by atoms with van der Waals surface area (Å²) in [6.45, 7) is 1.51. The zero-order chi connectivity index (χ0) is 30.0. The molecule has 4 rings (SSSR count). The van der Waals surface area contributed by atoms with E-state index in [0.29, 0.717) is 22.4 Å². The standard InChI is InChI=1S/C26H18F8N4O3/c1-15(18-6-11-21(35-13-18)24(27,28)29)40-22(39)12-16-2-4-17(5-3-16)23-36-14-38(37-23)19-7-9-20(10-8-19)41-26(33,34)25(30,31)32/h2-11,13-15H,12H2,1H3. The number of ether oxygens (including phenoxy) is 2. The smallest absolute Gasteiger partial charge is 0.457 e. The minimum absolute atomic E-state index is 0.123. The van der Waals surface area contributed by atoms with E-state index in [1.807, 2.05) is 0 Å². The van der Waals surface area contributed by atoms with Crippen molar-refractivity contribution in [3.8, 4) is 22.8 Å². The predicted molar refractivity (Wildman–Crippen MR) is 126 cm³/mol. The molecule has 0 saturated carbocycles. The van der Waals surface area contributed by atoms with Crippen LogP contribution in [0.15, 0.2) is 73.2 Å². The summed E-state index contributed by atoms with van der Waals surface area (Å²) in [7, 11) is 0. The Morgan fingerprint density at radius 2 is 1.54 bits per heavy atom. The van der Waals surface area contributed by atoms with Gasteiger partial charge in [-0.2, -0.15) is 35.1 Å². The molecule has 7 nitrogen and oxygen atoms in total. The van der Waals surface area contributed by atoms with Gasteiger partial charge in [-0.25, -0.2) is 9.67 Å². The van der Waals surface area contributed by atoms with Gasteiger partial charge in [-0.1, -0.05) is 30.3 Å². The number of hydrogen-bond acceptors (Lipinski definition) is 6. The Hall–Kier alpha value is -4.56. The van der Waals surface area contributed by atoms with E-state index in [-0.39, 0.29) is 12.2 Å². The number of carbonyl (C=O) groups excluding carboxylic acids is 1. The minimum Gasteiger partial charge on any atom is -0.457 e. The first-order chi connectivity index (χ1) is 19.1. The Bertz CT molecular complexity index is 1480. The third-order valence-corrected chi connectivity index (χ3v) is 5.58. The highest BCUT2D eigenvalue weighted by Crippen LogP contribution is 2.37. The molecule has 0 radical (unpaired) electrons. The zero-order valence-corrected chi connectivity index (χ0v) is 20.7. The normalized spacial score (nSPS) is 13.1. The molecule has 2 heterocycles. The van der Waals surface area contributed by atoms with Crippen LogP contribution >= 0.6 is 0 Å². The van der Waals surface area contributed by atoms with Crippen molar-refractivity contribution < 1.29 is 49.4 Å². The van der Waals surface area contributed by atoms with Crippen LogP contribution in [0.4, 0.5) is 35.1 Å². The lowest BCUT2D eigenvalue weighted by Crippen LogP contribution is -2.41. The average Bonchev–Trinajstić information content (AvgIpc) is 3.38. The molecule has 4 aromatic rings. The van der Waals surface area contributed by atoms with Crippen LogP contribution in [-0.2, 0) is 22.1 Å². The first kappa shape index (κ1) is 29.4. The third-order valence-electron chi connectivity index (χ3n) is 5.58. The molecule has 0 aliphatic rings. The second-order valence-electron chi connectivity index (χ2n) is 8.60. The Morgan fingerprint density at radius 1 is 0.878 bits per heavy atom. The molecule has 0 aliphatic carbocycles. The summed E-state index contributed by atoms with van der Waals surface area (Å²) in [5.74, 6) is -1.06. The quantitative estimate of drug-likeness (QED) is 0.168. The highest BCUT2D eigenvalue weighted by Gasteiger charge is 2.61. The number of alkyl halides is 8. The van der Waals surface area contributed by atoms with Crippen LogP contribution in [0.2, 0.25) is 0 Å². The Morgan fingerprint density at radius 3 is 2.10 bits per heavy atom. The summed E-state index contributed by atoms with van der Waals surface area (Å²) in [6.07, 6.45) is -14.4. The van der Waals surface area contributed by atoms with Crippen molar-refractivity contribution >= 4 is 5.97 Å². The number of pyridine rings is 1. The number of hydrogen-bond donors (Lipinski definition) is 0. The number of carbonyl (C=O) groups is 1. The van der Waals surface area contributed by atoms with Crippen LogP contribution in [0.1, 0.15) is 29.8 Å². The molecule has 15 heteroatoms. The Labute approximate surface area is 226 Å².